The number of ether oxygens (including phenoxy) is 7. The van der Waals surface area contributed by atoms with Gasteiger partial charge in [0, 0.05) is 50.2 Å². The number of rotatable bonds is 15. The van der Waals surface area contributed by atoms with Crippen LogP contribution in [0.25, 0.3) is 0 Å². The van der Waals surface area contributed by atoms with Gasteiger partial charge in [-0.1, -0.05) is 39.3 Å². The predicted octanol–water partition coefficient (Wildman–Crippen LogP) is 8.39. The molecule has 4 rings (SSSR count). The average Bonchev–Trinajstić information content (AvgIpc) is 3.23. The Labute approximate surface area is 425 Å². The van der Waals surface area contributed by atoms with Crippen molar-refractivity contribution in [2.45, 2.75) is 276 Å². The van der Waals surface area contributed by atoms with Gasteiger partial charge in [-0.15, -0.1) is 0 Å². The molecule has 2 unspecified atom stereocenters. The molecule has 1 aliphatic carbocycles. The Kier molecular flexibility index (Phi) is 21.3. The van der Waals surface area contributed by atoms with Crippen LogP contribution >= 0.6 is 0 Å². The molecule has 0 bridgehead atoms. The van der Waals surface area contributed by atoms with Crippen molar-refractivity contribution in [1.82, 2.24) is 4.90 Å². The number of carbonyl (C=O) groups is 1. The summed E-state index contributed by atoms with van der Waals surface area (Å²) >= 11 is 0. The molecule has 1 saturated carbocycles. The van der Waals surface area contributed by atoms with Gasteiger partial charge in [0.1, 0.15) is 17.8 Å². The lowest BCUT2D eigenvalue weighted by atomic mass is 9.73. The first-order valence-electron chi connectivity index (χ1n) is 26.6. The fourth-order valence-corrected chi connectivity index (χ4v) is 13.9. The van der Waals surface area contributed by atoms with Crippen LogP contribution in [0.3, 0.4) is 0 Å². The normalized spacial score (nSPS) is 42.7. The molecule has 0 aromatic rings. The van der Waals surface area contributed by atoms with E-state index >= 15 is 0 Å². The van der Waals surface area contributed by atoms with Gasteiger partial charge in [-0.2, -0.15) is 0 Å². The second kappa shape index (κ2) is 24.3. The van der Waals surface area contributed by atoms with Crippen molar-refractivity contribution >= 4 is 28.3 Å². The number of likely N-dealkylation sites (N-methyl/N-ethyl adjacent to an activating group) is 1. The third-order valence-electron chi connectivity index (χ3n) is 15.1. The first kappa shape index (κ1) is 61.4. The summed E-state index contributed by atoms with van der Waals surface area (Å²) in [6.45, 7) is 35.1. The van der Waals surface area contributed by atoms with Crippen LogP contribution < -0.4 is 0 Å². The molecule has 0 aromatic carbocycles. The summed E-state index contributed by atoms with van der Waals surface area (Å²) in [5, 5.41) is 43.0. The molecule has 18 atom stereocenters. The van der Waals surface area contributed by atoms with Gasteiger partial charge < -0.3 is 67.1 Å². The summed E-state index contributed by atoms with van der Waals surface area (Å²) in [5.74, 6) is -4.82. The molecule has 4 aliphatic rings. The molecular weight excluding hydrogens is 933 g/mol. The fourth-order valence-electron chi connectivity index (χ4n) is 11.6. The van der Waals surface area contributed by atoms with Crippen LogP contribution in [-0.2, 0) is 51.6 Å². The summed E-state index contributed by atoms with van der Waals surface area (Å²) in [6, 6.07) is -0.0774. The van der Waals surface area contributed by atoms with E-state index in [1.165, 1.54) is 6.92 Å². The lowest BCUT2D eigenvalue weighted by Gasteiger charge is -2.51. The Morgan fingerprint density at radius 1 is 0.829 bits per heavy atom. The minimum absolute atomic E-state index is 0.0531. The maximum atomic E-state index is 14.8. The van der Waals surface area contributed by atoms with Crippen molar-refractivity contribution in [3.63, 3.8) is 0 Å². The highest BCUT2D eigenvalue weighted by Crippen LogP contribution is 2.43. The van der Waals surface area contributed by atoms with E-state index in [-0.39, 0.29) is 37.5 Å². The molecule has 3 aliphatic heterocycles. The summed E-state index contributed by atoms with van der Waals surface area (Å²) in [5.41, 5.74) is -4.07. The Morgan fingerprint density at radius 3 is 1.96 bits per heavy atom. The lowest BCUT2D eigenvalue weighted by molar-refractivity contribution is -0.315. The summed E-state index contributed by atoms with van der Waals surface area (Å²) in [6.07, 6.45) is -2.93. The third-order valence-corrected chi connectivity index (χ3v) is 17.1. The molecule has 3 N–H and O–H groups in total. The highest BCUT2D eigenvalue weighted by atomic mass is 28.4. The van der Waals surface area contributed by atoms with Gasteiger partial charge in [0.25, 0.3) is 0 Å². The van der Waals surface area contributed by atoms with E-state index in [0.29, 0.717) is 25.0 Å². The SMILES string of the molecule is CC[C@H]1OC(=O)[C@H](C)[C@@H](OC2C[C@@](C)(OC)[C@@H](O[Si](C)(C)C)[C@H](C)O2)[C@H](C)[C@@H](OC2O[C@H](C)C[C@H](N(C)C)[C@H]2O[Si](C)(C)C)[C@@](C)(O)C[C@@H](C)/C(=N\OC2(OC(C)C)CCCCC2)[C@H](C)[C@@H](O)[C@]1(C)O. The molecule has 0 aromatic heterocycles. The van der Waals surface area contributed by atoms with Crippen LogP contribution in [0.2, 0.25) is 39.3 Å². The number of cyclic esters (lactones) is 1. The molecule has 70 heavy (non-hydrogen) atoms. The second-order valence-corrected chi connectivity index (χ2v) is 33.6. The molecule has 3 heterocycles. The molecular formula is C52H100N2O14Si2. The van der Waals surface area contributed by atoms with Gasteiger partial charge >= 0.3 is 5.97 Å². The Balaban J connectivity index is 1.96. The number of esters is 1. The number of carbonyl (C=O) groups excluding carboxylic acids is 1. The van der Waals surface area contributed by atoms with Gasteiger partial charge in [0.15, 0.2) is 29.2 Å². The van der Waals surface area contributed by atoms with Gasteiger partial charge in [0.05, 0.1) is 65.6 Å². The lowest BCUT2D eigenvalue weighted by Crippen LogP contribution is -2.62. The van der Waals surface area contributed by atoms with Crippen molar-refractivity contribution < 1.29 is 67.0 Å². The van der Waals surface area contributed by atoms with E-state index in [1.807, 2.05) is 62.6 Å². The van der Waals surface area contributed by atoms with Crippen molar-refractivity contribution in [2.75, 3.05) is 21.2 Å². The summed E-state index contributed by atoms with van der Waals surface area (Å²) < 4.78 is 60.5. The first-order valence-corrected chi connectivity index (χ1v) is 33.4. The standard InChI is InChI=1S/C52H100N2O14Si2/c1-22-39-51(12,58)44(55)34(6)41(53-68-52(65-31(2)3)26-24-23-25-27-52)32(4)29-49(10,57)45(64-48-43(66-69(16,17)18)38(54(13)14)28-33(5)60-48)35(7)42(36(8)47(56)62-39)63-40-30-50(11,59-15)46(37(9)61-40)67-70(19,20)21/h31-40,42-46,48,55,57-58H,22-30H2,1-21H3/b53-41+/t32-,33-,34+,35+,36-,37+,38+,39-,40?,42+,43-,44-,45-,46+,48?,49+,50-,51-/m1/s1. The van der Waals surface area contributed by atoms with Crippen LogP contribution in [0.4, 0.5) is 0 Å². The zero-order chi connectivity index (χ0) is 53.1. The summed E-state index contributed by atoms with van der Waals surface area (Å²) in [4.78, 5) is 23.5. The number of hydrogen-bond acceptors (Lipinski definition) is 16. The highest BCUT2D eigenvalue weighted by molar-refractivity contribution is 6.70. The minimum Gasteiger partial charge on any atom is -0.459 e. The number of aliphatic hydroxyl groups is 3. The Bertz CT molecular complexity index is 1680. The van der Waals surface area contributed by atoms with Crippen molar-refractivity contribution in [1.29, 1.82) is 0 Å². The molecule has 0 spiro atoms. The van der Waals surface area contributed by atoms with Crippen LogP contribution in [0.1, 0.15) is 141 Å². The fraction of sp³-hybridized carbons (Fsp3) is 0.962. The van der Waals surface area contributed by atoms with E-state index in [4.69, 9.17) is 52.0 Å². The van der Waals surface area contributed by atoms with E-state index in [9.17, 15) is 20.1 Å². The predicted molar refractivity (Wildman–Crippen MR) is 276 cm³/mol. The van der Waals surface area contributed by atoms with Crippen LogP contribution in [0, 0.1) is 23.7 Å². The number of aliphatic hydroxyl groups excluding tert-OH is 1. The van der Waals surface area contributed by atoms with E-state index in [1.54, 1.807) is 34.8 Å². The Morgan fingerprint density at radius 2 is 1.43 bits per heavy atom. The van der Waals surface area contributed by atoms with E-state index in [2.05, 4.69) is 44.2 Å². The van der Waals surface area contributed by atoms with E-state index < -0.39 is 124 Å². The Hall–Kier alpha value is -1.11. The van der Waals surface area contributed by atoms with Crippen molar-refractivity contribution in [2.24, 2.45) is 28.8 Å². The highest BCUT2D eigenvalue weighted by Gasteiger charge is 2.55. The first-order chi connectivity index (χ1) is 32.1. The monoisotopic (exact) mass is 1030 g/mol. The molecule has 16 nitrogen and oxygen atoms in total. The number of hydrogen-bond donors (Lipinski definition) is 3. The minimum atomic E-state index is -2.23. The smallest absolute Gasteiger partial charge is 0.311 e. The maximum absolute atomic E-state index is 14.8. The van der Waals surface area contributed by atoms with E-state index in [0.717, 1.165) is 19.3 Å². The van der Waals surface area contributed by atoms with Gasteiger partial charge in [0.2, 0.25) is 5.79 Å². The molecule has 3 saturated heterocycles. The number of oxime groups is 1. The van der Waals surface area contributed by atoms with Gasteiger partial charge in [-0.05, 0) is 141 Å². The second-order valence-electron chi connectivity index (χ2n) is 24.7. The molecule has 410 valence electrons. The van der Waals surface area contributed by atoms with Crippen molar-refractivity contribution in [3.8, 4) is 0 Å². The largest absolute Gasteiger partial charge is 0.459 e. The molecule has 18 heteroatoms. The topological polar surface area (TPSA) is 186 Å². The molecule has 4 fully saturated rings. The van der Waals surface area contributed by atoms with Gasteiger partial charge in [-0.25, -0.2) is 0 Å². The number of methoxy groups -OCH3 is 1. The third kappa shape index (κ3) is 15.5. The maximum Gasteiger partial charge on any atom is 0.311 e. The average molecular weight is 1030 g/mol. The quantitative estimate of drug-likeness (QED) is 0.0614. The molecule has 0 amide bonds. The van der Waals surface area contributed by atoms with Crippen LogP contribution in [-0.4, -0.2) is 166 Å². The van der Waals surface area contributed by atoms with Crippen LogP contribution in [0.5, 0.6) is 0 Å². The van der Waals surface area contributed by atoms with Gasteiger partial charge in [-0.3, -0.25) is 4.79 Å². The van der Waals surface area contributed by atoms with Crippen LogP contribution in [0.15, 0.2) is 5.16 Å². The zero-order valence-electron chi connectivity index (χ0n) is 47.3. The molecule has 0 radical (unpaired) electrons. The van der Waals surface area contributed by atoms with Crippen molar-refractivity contribution in [3.05, 3.63) is 0 Å². The number of nitrogens with zero attached hydrogens (tertiary/aromatic N) is 2. The summed E-state index contributed by atoms with van der Waals surface area (Å²) in [7, 11) is 1.42. The zero-order valence-corrected chi connectivity index (χ0v) is 49.3.